The van der Waals surface area contributed by atoms with Gasteiger partial charge in [0.15, 0.2) is 0 Å². The van der Waals surface area contributed by atoms with Gasteiger partial charge in [-0.15, -0.1) is 11.3 Å². The topological polar surface area (TPSA) is 33.2 Å². The molecule has 2 aromatic carbocycles. The lowest BCUT2D eigenvalue weighted by atomic mass is 9.97. The lowest BCUT2D eigenvalue weighted by Gasteiger charge is -2.31. The monoisotopic (exact) mass is 368 g/mol. The van der Waals surface area contributed by atoms with E-state index >= 15 is 0 Å². The summed E-state index contributed by atoms with van der Waals surface area (Å²) in [5, 5.41) is 1.18. The van der Waals surface area contributed by atoms with Crippen LogP contribution >= 0.6 is 11.3 Å². The van der Waals surface area contributed by atoms with Crippen LogP contribution in [0.15, 0.2) is 48.5 Å². The second-order valence-corrected chi connectivity index (χ2v) is 7.83. The van der Waals surface area contributed by atoms with Crippen molar-refractivity contribution >= 4 is 27.5 Å². The van der Waals surface area contributed by atoms with E-state index in [-0.39, 0.29) is 11.7 Å². The molecule has 2 heterocycles. The summed E-state index contributed by atoms with van der Waals surface area (Å²) in [5.74, 6) is 0.328. The van der Waals surface area contributed by atoms with E-state index in [9.17, 15) is 9.18 Å². The first kappa shape index (κ1) is 17.2. The Hall–Kier alpha value is -2.27. The minimum absolute atomic E-state index is 0.121. The van der Waals surface area contributed by atoms with Crippen LogP contribution in [0, 0.1) is 5.82 Å². The van der Waals surface area contributed by atoms with Crippen molar-refractivity contribution in [2.45, 2.75) is 31.6 Å². The zero-order chi connectivity index (χ0) is 17.9. The number of para-hydroxylation sites is 1. The summed E-state index contributed by atoms with van der Waals surface area (Å²) in [4.78, 5) is 19.1. The molecule has 0 aliphatic carbocycles. The van der Waals surface area contributed by atoms with Gasteiger partial charge in [0.05, 0.1) is 15.2 Å². The van der Waals surface area contributed by atoms with Crippen LogP contribution in [0.1, 0.15) is 35.8 Å². The summed E-state index contributed by atoms with van der Waals surface area (Å²) in [6.07, 6.45) is 2.73. The van der Waals surface area contributed by atoms with Gasteiger partial charge in [0.25, 0.3) is 0 Å². The molecule has 5 heteroatoms. The number of carbonyl (C=O) groups is 1. The maximum absolute atomic E-state index is 13.7. The van der Waals surface area contributed by atoms with Crippen molar-refractivity contribution in [1.82, 2.24) is 9.88 Å². The molecule has 1 saturated heterocycles. The smallest absolute Gasteiger partial charge is 0.222 e. The minimum Gasteiger partial charge on any atom is -0.343 e. The first-order valence-electron chi connectivity index (χ1n) is 9.07. The fourth-order valence-corrected chi connectivity index (χ4v) is 4.68. The highest BCUT2D eigenvalue weighted by Gasteiger charge is 2.25. The molecule has 1 amide bonds. The van der Waals surface area contributed by atoms with Gasteiger partial charge in [0.1, 0.15) is 5.82 Å². The van der Waals surface area contributed by atoms with Crippen molar-refractivity contribution in [1.29, 1.82) is 0 Å². The second-order valence-electron chi connectivity index (χ2n) is 6.77. The van der Waals surface area contributed by atoms with Gasteiger partial charge in [0.2, 0.25) is 5.91 Å². The van der Waals surface area contributed by atoms with Crippen LogP contribution in [0.25, 0.3) is 10.2 Å². The Balaban J connectivity index is 1.33. The van der Waals surface area contributed by atoms with Crippen molar-refractivity contribution in [3.63, 3.8) is 0 Å². The number of piperidine rings is 1. The Morgan fingerprint density at radius 1 is 1.12 bits per heavy atom. The molecule has 4 rings (SSSR count). The third-order valence-electron chi connectivity index (χ3n) is 5.07. The molecule has 0 saturated carbocycles. The molecule has 0 unspecified atom stereocenters. The number of hydrogen-bond acceptors (Lipinski definition) is 3. The van der Waals surface area contributed by atoms with Gasteiger partial charge >= 0.3 is 0 Å². The molecule has 134 valence electrons. The second kappa shape index (κ2) is 7.54. The highest BCUT2D eigenvalue weighted by atomic mass is 32.1. The quantitative estimate of drug-likeness (QED) is 0.664. The van der Waals surface area contributed by atoms with E-state index in [4.69, 9.17) is 4.98 Å². The van der Waals surface area contributed by atoms with Crippen LogP contribution < -0.4 is 0 Å². The van der Waals surface area contributed by atoms with Gasteiger partial charge in [0, 0.05) is 25.4 Å². The first-order valence-corrected chi connectivity index (χ1v) is 9.89. The van der Waals surface area contributed by atoms with E-state index in [1.807, 2.05) is 23.1 Å². The van der Waals surface area contributed by atoms with Crippen molar-refractivity contribution < 1.29 is 9.18 Å². The largest absolute Gasteiger partial charge is 0.343 e. The van der Waals surface area contributed by atoms with Crippen molar-refractivity contribution in [2.24, 2.45) is 0 Å². The standard InChI is InChI=1S/C21H21FN2OS/c22-17-6-2-1-5-15(17)9-10-20(25)24-13-11-16(12-14-24)21-23-18-7-3-4-8-19(18)26-21/h1-8,16H,9-14H2. The predicted octanol–water partition coefficient (Wildman–Crippen LogP) is 4.77. The summed E-state index contributed by atoms with van der Waals surface area (Å²) < 4.78 is 14.9. The van der Waals surface area contributed by atoms with E-state index < -0.39 is 0 Å². The number of fused-ring (bicyclic) bond motifs is 1. The number of likely N-dealkylation sites (tertiary alicyclic amines) is 1. The Bertz CT molecular complexity index is 882. The molecule has 26 heavy (non-hydrogen) atoms. The number of nitrogens with zero attached hydrogens (tertiary/aromatic N) is 2. The number of aryl methyl sites for hydroxylation is 1. The van der Waals surface area contributed by atoms with Crippen molar-refractivity contribution in [3.05, 3.63) is 64.9 Å². The van der Waals surface area contributed by atoms with Crippen molar-refractivity contribution in [3.8, 4) is 0 Å². The fourth-order valence-electron chi connectivity index (χ4n) is 3.54. The Morgan fingerprint density at radius 2 is 1.85 bits per heavy atom. The third kappa shape index (κ3) is 3.63. The molecule has 0 spiro atoms. The normalized spacial score (nSPS) is 15.5. The molecule has 3 nitrogen and oxygen atoms in total. The summed E-state index contributed by atoms with van der Waals surface area (Å²) in [6, 6.07) is 14.9. The summed E-state index contributed by atoms with van der Waals surface area (Å²) >= 11 is 1.77. The lowest BCUT2D eigenvalue weighted by Crippen LogP contribution is -2.38. The highest BCUT2D eigenvalue weighted by Crippen LogP contribution is 2.33. The van der Waals surface area contributed by atoms with Gasteiger partial charge < -0.3 is 4.90 Å². The van der Waals surface area contributed by atoms with E-state index in [1.165, 1.54) is 15.8 Å². The molecule has 0 radical (unpaired) electrons. The predicted molar refractivity (Wildman–Crippen MR) is 103 cm³/mol. The molecule has 0 bridgehead atoms. The van der Waals surface area contributed by atoms with E-state index in [0.717, 1.165) is 31.4 Å². The molecule has 0 N–H and O–H groups in total. The Kier molecular flexibility index (Phi) is 4.98. The summed E-state index contributed by atoms with van der Waals surface area (Å²) in [6.45, 7) is 1.52. The fraction of sp³-hybridized carbons (Fsp3) is 0.333. The van der Waals surface area contributed by atoms with Crippen molar-refractivity contribution in [2.75, 3.05) is 13.1 Å². The van der Waals surface area contributed by atoms with Gasteiger partial charge in [-0.1, -0.05) is 30.3 Å². The number of aromatic nitrogens is 1. The lowest BCUT2D eigenvalue weighted by molar-refractivity contribution is -0.132. The minimum atomic E-state index is -0.227. The van der Waals surface area contributed by atoms with Crippen LogP contribution in [0.4, 0.5) is 4.39 Å². The molecule has 3 aromatic rings. The van der Waals surface area contributed by atoms with Gasteiger partial charge in [-0.05, 0) is 43.0 Å². The number of halogens is 1. The van der Waals surface area contributed by atoms with Crippen LogP contribution in [0.3, 0.4) is 0 Å². The molecular weight excluding hydrogens is 347 g/mol. The zero-order valence-electron chi connectivity index (χ0n) is 14.5. The number of hydrogen-bond donors (Lipinski definition) is 0. The summed E-state index contributed by atoms with van der Waals surface area (Å²) in [5.41, 5.74) is 1.68. The number of amides is 1. The average Bonchev–Trinajstić information content (AvgIpc) is 3.11. The SMILES string of the molecule is O=C(CCc1ccccc1F)N1CCC(c2nc3ccccc3s2)CC1. The molecule has 1 aliphatic heterocycles. The molecule has 1 fully saturated rings. The first-order chi connectivity index (χ1) is 12.7. The Morgan fingerprint density at radius 3 is 2.62 bits per heavy atom. The van der Waals surface area contributed by atoms with Gasteiger partial charge in [-0.3, -0.25) is 4.79 Å². The van der Waals surface area contributed by atoms with Crippen LogP contribution in [-0.4, -0.2) is 28.9 Å². The van der Waals surface area contributed by atoms with E-state index in [1.54, 1.807) is 23.5 Å². The average molecular weight is 368 g/mol. The zero-order valence-corrected chi connectivity index (χ0v) is 15.3. The maximum Gasteiger partial charge on any atom is 0.222 e. The van der Waals surface area contributed by atoms with E-state index in [0.29, 0.717) is 24.3 Å². The highest BCUT2D eigenvalue weighted by molar-refractivity contribution is 7.18. The van der Waals surface area contributed by atoms with Gasteiger partial charge in [-0.25, -0.2) is 9.37 Å². The number of benzene rings is 2. The maximum atomic E-state index is 13.7. The van der Waals surface area contributed by atoms with E-state index in [2.05, 4.69) is 12.1 Å². The van der Waals surface area contributed by atoms with Crippen LogP contribution in [0.5, 0.6) is 0 Å². The number of carbonyl (C=O) groups excluding carboxylic acids is 1. The third-order valence-corrected chi connectivity index (χ3v) is 6.27. The molecule has 1 aromatic heterocycles. The Labute approximate surface area is 156 Å². The van der Waals surface area contributed by atoms with Crippen LogP contribution in [0.2, 0.25) is 0 Å². The molecular formula is C21H21FN2OS. The molecule has 1 aliphatic rings. The van der Waals surface area contributed by atoms with Crippen LogP contribution in [-0.2, 0) is 11.2 Å². The summed E-state index contributed by atoms with van der Waals surface area (Å²) in [7, 11) is 0. The number of thiazole rings is 1. The van der Waals surface area contributed by atoms with Gasteiger partial charge in [-0.2, -0.15) is 0 Å². The molecule has 0 atom stereocenters. The number of rotatable bonds is 4.